The summed E-state index contributed by atoms with van der Waals surface area (Å²) in [4.78, 5) is 24.4. The summed E-state index contributed by atoms with van der Waals surface area (Å²) in [6.45, 7) is 6.81. The number of alkyl halides is 3. The van der Waals surface area contributed by atoms with Crippen LogP contribution in [-0.2, 0) is 19.3 Å². The molecule has 5 aromatic rings. The van der Waals surface area contributed by atoms with E-state index in [0.29, 0.717) is 24.0 Å². The van der Waals surface area contributed by atoms with Crippen LogP contribution in [0.3, 0.4) is 0 Å². The van der Waals surface area contributed by atoms with Crippen LogP contribution in [0.4, 0.5) is 19.0 Å². The second-order valence-corrected chi connectivity index (χ2v) is 9.41. The van der Waals surface area contributed by atoms with Gasteiger partial charge in [-0.25, -0.2) is 9.97 Å². The monoisotopic (exact) mass is 536 g/mol. The molecule has 9 nitrogen and oxygen atoms in total. The summed E-state index contributed by atoms with van der Waals surface area (Å²) in [5.41, 5.74) is 2.37. The molecule has 0 saturated carbocycles. The fraction of sp³-hybridized carbons (Fsp3) is 0.296. The lowest BCUT2D eigenvalue weighted by atomic mass is 10.0. The second-order valence-electron chi connectivity index (χ2n) is 9.41. The highest BCUT2D eigenvalue weighted by atomic mass is 19.4. The van der Waals surface area contributed by atoms with E-state index < -0.39 is 11.7 Å². The van der Waals surface area contributed by atoms with Crippen LogP contribution in [0, 0.1) is 13.8 Å². The number of amides is 1. The number of aryl methyl sites for hydroxylation is 2. The van der Waals surface area contributed by atoms with Gasteiger partial charge in [0.05, 0.1) is 22.8 Å². The van der Waals surface area contributed by atoms with Crippen molar-refractivity contribution in [3.05, 3.63) is 64.6 Å². The summed E-state index contributed by atoms with van der Waals surface area (Å²) in [7, 11) is 3.23. The molecule has 3 aromatic heterocycles. The Labute approximate surface area is 222 Å². The van der Waals surface area contributed by atoms with Crippen LogP contribution in [-0.4, -0.2) is 54.8 Å². The molecule has 5 rings (SSSR count). The van der Waals surface area contributed by atoms with Crippen molar-refractivity contribution in [2.45, 2.75) is 40.0 Å². The van der Waals surface area contributed by atoms with Crippen LogP contribution in [0.1, 0.15) is 39.8 Å². The molecule has 3 heterocycles. The second kappa shape index (κ2) is 9.68. The predicted octanol–water partition coefficient (Wildman–Crippen LogP) is 5.34. The Balaban J connectivity index is 1.66. The van der Waals surface area contributed by atoms with E-state index in [1.807, 2.05) is 31.5 Å². The number of halogens is 3. The minimum Gasteiger partial charge on any atom is -0.371 e. The molecule has 2 aromatic carbocycles. The van der Waals surface area contributed by atoms with Crippen molar-refractivity contribution in [1.29, 1.82) is 0 Å². The first kappa shape index (κ1) is 26.1. The Hall–Kier alpha value is -4.48. The van der Waals surface area contributed by atoms with Gasteiger partial charge < -0.3 is 10.2 Å². The number of anilines is 1. The van der Waals surface area contributed by atoms with Gasteiger partial charge in [-0.15, -0.1) is 0 Å². The lowest BCUT2D eigenvalue weighted by Gasteiger charge is -2.18. The lowest BCUT2D eigenvalue weighted by molar-refractivity contribution is -0.136. The quantitative estimate of drug-likeness (QED) is 0.304. The van der Waals surface area contributed by atoms with Crippen LogP contribution in [0.25, 0.3) is 33.2 Å². The molecular formula is C27H27F3N8O. The summed E-state index contributed by atoms with van der Waals surface area (Å²) >= 11 is 0. The van der Waals surface area contributed by atoms with E-state index >= 15 is 0 Å². The van der Waals surface area contributed by atoms with Gasteiger partial charge in [0.15, 0.2) is 11.6 Å². The normalized spacial score (nSPS) is 11.9. The molecule has 0 unspecified atom stereocenters. The third kappa shape index (κ3) is 4.66. The fourth-order valence-electron chi connectivity index (χ4n) is 4.67. The maximum absolute atomic E-state index is 14.0. The van der Waals surface area contributed by atoms with Crippen molar-refractivity contribution in [3.8, 4) is 11.4 Å². The number of rotatable bonds is 6. The highest BCUT2D eigenvalue weighted by molar-refractivity contribution is 6.05. The summed E-state index contributed by atoms with van der Waals surface area (Å²) < 4.78 is 43.9. The van der Waals surface area contributed by atoms with Gasteiger partial charge in [-0.2, -0.15) is 23.4 Å². The van der Waals surface area contributed by atoms with Crippen LogP contribution >= 0.6 is 0 Å². The predicted molar refractivity (Wildman–Crippen MR) is 142 cm³/mol. The molecule has 0 bridgehead atoms. The van der Waals surface area contributed by atoms with E-state index in [2.05, 4.69) is 30.6 Å². The maximum atomic E-state index is 14.0. The van der Waals surface area contributed by atoms with Gasteiger partial charge in [-0.05, 0) is 45.0 Å². The van der Waals surface area contributed by atoms with Crippen LogP contribution in [0.2, 0.25) is 0 Å². The number of aromatic nitrogens is 6. The first-order valence-electron chi connectivity index (χ1n) is 12.3. The third-order valence-corrected chi connectivity index (χ3v) is 6.79. The van der Waals surface area contributed by atoms with Crippen molar-refractivity contribution < 1.29 is 18.0 Å². The average Bonchev–Trinajstić information content (AvgIpc) is 3.48. The molecule has 0 spiro atoms. The third-order valence-electron chi connectivity index (χ3n) is 6.79. The minimum absolute atomic E-state index is 0.00809. The topological polar surface area (TPSA) is 105 Å². The highest BCUT2D eigenvalue weighted by Gasteiger charge is 2.35. The molecule has 0 saturated heterocycles. The number of carbonyl (C=O) groups excluding carboxylic acids is 1. The van der Waals surface area contributed by atoms with E-state index in [9.17, 15) is 18.0 Å². The Morgan fingerprint density at radius 2 is 1.90 bits per heavy atom. The van der Waals surface area contributed by atoms with Gasteiger partial charge >= 0.3 is 6.18 Å². The van der Waals surface area contributed by atoms with Crippen molar-refractivity contribution in [1.82, 2.24) is 34.8 Å². The van der Waals surface area contributed by atoms with E-state index in [1.165, 1.54) is 11.0 Å². The molecule has 0 aliphatic carbocycles. The largest absolute Gasteiger partial charge is 0.418 e. The van der Waals surface area contributed by atoms with Gasteiger partial charge in [0.1, 0.15) is 5.69 Å². The summed E-state index contributed by atoms with van der Waals surface area (Å²) in [6, 6.07) is 7.90. The molecule has 0 aliphatic heterocycles. The number of nitrogens with one attached hydrogen (secondary N) is 2. The van der Waals surface area contributed by atoms with Crippen molar-refractivity contribution in [3.63, 3.8) is 0 Å². The van der Waals surface area contributed by atoms with E-state index in [1.54, 1.807) is 32.4 Å². The zero-order valence-corrected chi connectivity index (χ0v) is 22.1. The molecule has 2 N–H and O–H groups in total. The minimum atomic E-state index is -4.65. The number of aromatic amines is 1. The van der Waals surface area contributed by atoms with E-state index in [4.69, 9.17) is 0 Å². The van der Waals surface area contributed by atoms with Gasteiger partial charge in [0.25, 0.3) is 5.91 Å². The zero-order chi connectivity index (χ0) is 28.1. The number of H-pyrrole nitrogens is 1. The number of carbonyl (C=O) groups is 1. The van der Waals surface area contributed by atoms with Gasteiger partial charge in [-0.1, -0.05) is 11.6 Å². The number of hydrogen-bond acceptors (Lipinski definition) is 6. The van der Waals surface area contributed by atoms with Crippen LogP contribution < -0.4 is 5.32 Å². The number of benzene rings is 2. The van der Waals surface area contributed by atoms with Gasteiger partial charge in [-0.3, -0.25) is 14.6 Å². The lowest BCUT2D eigenvalue weighted by Crippen LogP contribution is -2.28. The zero-order valence-electron chi connectivity index (χ0n) is 22.1. The molecule has 0 radical (unpaired) electrons. The SMILES string of the molecule is CCn1ncc(CN(C)C(=O)c2nc(-c3cc(C(F)(F)F)c4[nH]nc(NC)c4c3)nc3ccc(C)cc23)c1C. The summed E-state index contributed by atoms with van der Waals surface area (Å²) in [5.74, 6) is -0.115. The number of nitrogens with zero attached hydrogens (tertiary/aromatic N) is 6. The van der Waals surface area contributed by atoms with Crippen LogP contribution in [0.15, 0.2) is 36.5 Å². The molecule has 0 aliphatic rings. The van der Waals surface area contributed by atoms with E-state index in [-0.39, 0.29) is 39.7 Å². The number of fused-ring (bicyclic) bond motifs is 2. The highest BCUT2D eigenvalue weighted by Crippen LogP contribution is 2.39. The Morgan fingerprint density at radius 1 is 1.13 bits per heavy atom. The van der Waals surface area contributed by atoms with Crippen molar-refractivity contribution in [2.75, 3.05) is 19.4 Å². The molecule has 0 atom stereocenters. The van der Waals surface area contributed by atoms with Crippen LogP contribution in [0.5, 0.6) is 0 Å². The Kier molecular flexibility index (Phi) is 6.49. The Bertz CT molecular complexity index is 1720. The molecule has 39 heavy (non-hydrogen) atoms. The van der Waals surface area contributed by atoms with E-state index in [0.717, 1.165) is 22.9 Å². The molecule has 0 fully saturated rings. The average molecular weight is 537 g/mol. The number of hydrogen-bond donors (Lipinski definition) is 2. The first-order chi connectivity index (χ1) is 18.5. The molecule has 12 heteroatoms. The summed E-state index contributed by atoms with van der Waals surface area (Å²) in [6.07, 6.45) is -2.92. The first-order valence-corrected chi connectivity index (χ1v) is 12.3. The van der Waals surface area contributed by atoms with Gasteiger partial charge in [0, 0.05) is 54.8 Å². The van der Waals surface area contributed by atoms with Crippen molar-refractivity contribution in [2.24, 2.45) is 0 Å². The standard InChI is InChI=1S/C27H27F3N8O/c1-6-38-15(3)17(12-32-38)13-37(5)26(39)23-18-9-14(2)7-8-21(18)33-24(34-23)16-10-19-22(35-36-25(19)31-4)20(11-16)27(28,29)30/h7-12H,6,13H2,1-5H3,(H2,31,35,36). The molecular weight excluding hydrogens is 509 g/mol. The van der Waals surface area contributed by atoms with Gasteiger partial charge in [0.2, 0.25) is 0 Å². The maximum Gasteiger partial charge on any atom is 0.418 e. The van der Waals surface area contributed by atoms with Crippen molar-refractivity contribution >= 4 is 33.5 Å². The summed E-state index contributed by atoms with van der Waals surface area (Å²) in [5, 5.41) is 14.3. The smallest absolute Gasteiger partial charge is 0.371 e. The molecule has 1 amide bonds. The molecule has 202 valence electrons. The fourth-order valence-corrected chi connectivity index (χ4v) is 4.67. The Morgan fingerprint density at radius 3 is 2.56 bits per heavy atom.